The van der Waals surface area contributed by atoms with E-state index >= 15 is 0 Å². The molecule has 1 fully saturated rings. The number of benzene rings is 2. The van der Waals surface area contributed by atoms with E-state index in [1.54, 1.807) is 18.2 Å². The van der Waals surface area contributed by atoms with E-state index in [2.05, 4.69) is 10.2 Å². The average molecular weight is 339 g/mol. The van der Waals surface area contributed by atoms with Crippen LogP contribution in [0.1, 0.15) is 28.8 Å². The molecule has 25 heavy (non-hydrogen) atoms. The molecule has 7 heteroatoms. The summed E-state index contributed by atoms with van der Waals surface area (Å²) in [5, 5.41) is 17.1. The summed E-state index contributed by atoms with van der Waals surface area (Å²) < 4.78 is 13.6. The van der Waals surface area contributed by atoms with Gasteiger partial charge in [0, 0.05) is 10.9 Å². The van der Waals surface area contributed by atoms with Gasteiger partial charge >= 0.3 is 5.97 Å². The molecule has 4 N–H and O–H groups in total. The van der Waals surface area contributed by atoms with Gasteiger partial charge < -0.3 is 10.8 Å². The number of amides is 1. The van der Waals surface area contributed by atoms with E-state index in [9.17, 15) is 19.1 Å². The maximum atomic E-state index is 13.6. The topological polar surface area (TPSA) is 109 Å². The van der Waals surface area contributed by atoms with E-state index in [1.165, 1.54) is 18.2 Å². The fourth-order valence-electron chi connectivity index (χ4n) is 3.35. The lowest BCUT2D eigenvalue weighted by molar-refractivity contribution is -0.120. The number of halogens is 1. The van der Waals surface area contributed by atoms with Crippen LogP contribution in [-0.4, -0.2) is 27.2 Å². The molecule has 1 saturated carbocycles. The number of carbonyl (C=O) groups excluding carboxylic acids is 1. The Balaban J connectivity index is 2.05. The molecule has 0 spiro atoms. The van der Waals surface area contributed by atoms with E-state index in [0.717, 1.165) is 0 Å². The van der Waals surface area contributed by atoms with Gasteiger partial charge in [0.05, 0.1) is 16.5 Å². The van der Waals surface area contributed by atoms with Crippen LogP contribution in [0.15, 0.2) is 36.4 Å². The van der Waals surface area contributed by atoms with E-state index in [0.29, 0.717) is 40.6 Å². The second-order valence-electron chi connectivity index (χ2n) is 6.24. The number of rotatable bonds is 4. The predicted molar refractivity (Wildman–Crippen MR) is 88.6 cm³/mol. The molecule has 0 bridgehead atoms. The van der Waals surface area contributed by atoms with Crippen molar-refractivity contribution in [2.24, 2.45) is 5.73 Å². The Bertz CT molecular complexity index is 1040. The highest BCUT2D eigenvalue weighted by Gasteiger charge is 2.52. The number of hydrogen-bond donors (Lipinski definition) is 3. The Labute approximate surface area is 141 Å². The van der Waals surface area contributed by atoms with Crippen LogP contribution in [-0.2, 0) is 10.2 Å². The molecule has 0 saturated heterocycles. The third kappa shape index (κ3) is 2.20. The lowest BCUT2D eigenvalue weighted by Gasteiger charge is -2.15. The molecule has 6 nitrogen and oxygen atoms in total. The van der Waals surface area contributed by atoms with Gasteiger partial charge in [0.15, 0.2) is 0 Å². The summed E-state index contributed by atoms with van der Waals surface area (Å²) in [6, 6.07) is 9.05. The molecule has 0 atom stereocenters. The largest absolute Gasteiger partial charge is 0.478 e. The van der Waals surface area contributed by atoms with Crippen molar-refractivity contribution in [1.29, 1.82) is 0 Å². The van der Waals surface area contributed by atoms with E-state index < -0.39 is 23.1 Å². The number of nitrogens with one attached hydrogen (secondary N) is 1. The molecular formula is C18H14FN3O3. The van der Waals surface area contributed by atoms with Crippen LogP contribution < -0.4 is 5.73 Å². The van der Waals surface area contributed by atoms with Crippen LogP contribution in [0, 0.1) is 5.82 Å². The quantitative estimate of drug-likeness (QED) is 0.678. The number of carboxylic acids is 1. The first-order valence-corrected chi connectivity index (χ1v) is 7.75. The first-order chi connectivity index (χ1) is 11.9. The van der Waals surface area contributed by atoms with Crippen LogP contribution >= 0.6 is 0 Å². The Hall–Kier alpha value is -3.22. The van der Waals surface area contributed by atoms with E-state index in [-0.39, 0.29) is 5.56 Å². The Morgan fingerprint density at radius 3 is 2.60 bits per heavy atom. The van der Waals surface area contributed by atoms with Crippen LogP contribution in [0.3, 0.4) is 0 Å². The van der Waals surface area contributed by atoms with Crippen molar-refractivity contribution >= 4 is 22.8 Å². The molecule has 126 valence electrons. The zero-order valence-electron chi connectivity index (χ0n) is 13.0. The van der Waals surface area contributed by atoms with Gasteiger partial charge in [0.1, 0.15) is 11.5 Å². The van der Waals surface area contributed by atoms with Gasteiger partial charge in [-0.2, -0.15) is 5.10 Å². The first kappa shape index (κ1) is 15.3. The second kappa shape index (κ2) is 5.14. The predicted octanol–water partition coefficient (Wildman–Crippen LogP) is 2.58. The summed E-state index contributed by atoms with van der Waals surface area (Å²) in [7, 11) is 0. The molecule has 2 aromatic carbocycles. The van der Waals surface area contributed by atoms with Crippen LogP contribution in [0.4, 0.5) is 4.39 Å². The number of aromatic amines is 1. The summed E-state index contributed by atoms with van der Waals surface area (Å²) in [5.41, 5.74) is 6.23. The number of nitrogens with zero attached hydrogens (tertiary/aromatic N) is 1. The standard InChI is InChI=1S/C18H14FN3O3/c19-10-3-1-2-9(8-10)15-14-12(21-22-15)5-4-11(13(14)16(23)24)18(6-7-18)17(20)25/h1-5,8H,6-7H2,(H2,20,25)(H,21,22)(H,23,24). The van der Waals surface area contributed by atoms with Crippen molar-refractivity contribution in [2.75, 3.05) is 0 Å². The van der Waals surface area contributed by atoms with Crippen molar-refractivity contribution in [3.63, 3.8) is 0 Å². The lowest BCUT2D eigenvalue weighted by atomic mass is 9.87. The summed E-state index contributed by atoms with van der Waals surface area (Å²) in [4.78, 5) is 23.9. The zero-order chi connectivity index (χ0) is 17.8. The molecule has 1 heterocycles. The van der Waals surface area contributed by atoms with Gasteiger partial charge in [-0.05, 0) is 36.6 Å². The lowest BCUT2D eigenvalue weighted by Crippen LogP contribution is -2.30. The second-order valence-corrected chi connectivity index (χ2v) is 6.24. The zero-order valence-corrected chi connectivity index (χ0v) is 13.0. The molecule has 0 unspecified atom stereocenters. The minimum atomic E-state index is -1.17. The number of aromatic nitrogens is 2. The minimum absolute atomic E-state index is 0.0122. The maximum absolute atomic E-state index is 13.6. The monoisotopic (exact) mass is 339 g/mol. The molecular weight excluding hydrogens is 325 g/mol. The Morgan fingerprint density at radius 1 is 1.24 bits per heavy atom. The van der Waals surface area contributed by atoms with Crippen molar-refractivity contribution in [1.82, 2.24) is 10.2 Å². The summed E-state index contributed by atoms with van der Waals surface area (Å²) in [5.74, 6) is -2.16. The molecule has 1 aromatic heterocycles. The van der Waals surface area contributed by atoms with Gasteiger partial charge in [-0.3, -0.25) is 9.89 Å². The summed E-state index contributed by atoms with van der Waals surface area (Å²) in [6.07, 6.45) is 1.03. The highest BCUT2D eigenvalue weighted by Crippen LogP contribution is 2.50. The first-order valence-electron chi connectivity index (χ1n) is 7.75. The highest BCUT2D eigenvalue weighted by molar-refractivity contribution is 6.11. The molecule has 0 radical (unpaired) electrons. The molecule has 1 aliphatic rings. The minimum Gasteiger partial charge on any atom is -0.478 e. The van der Waals surface area contributed by atoms with Crippen molar-refractivity contribution in [2.45, 2.75) is 18.3 Å². The van der Waals surface area contributed by atoms with Crippen molar-refractivity contribution in [3.05, 3.63) is 53.3 Å². The summed E-state index contributed by atoms with van der Waals surface area (Å²) >= 11 is 0. The molecule has 1 amide bonds. The molecule has 3 aromatic rings. The fourth-order valence-corrected chi connectivity index (χ4v) is 3.35. The van der Waals surface area contributed by atoms with Crippen molar-refractivity contribution < 1.29 is 19.1 Å². The van der Waals surface area contributed by atoms with Gasteiger partial charge in [-0.1, -0.05) is 18.2 Å². The van der Waals surface area contributed by atoms with E-state index in [1.807, 2.05) is 0 Å². The van der Waals surface area contributed by atoms with Gasteiger partial charge in [-0.25, -0.2) is 9.18 Å². The number of carboxylic acid groups (broad SMARTS) is 1. The molecule has 0 aliphatic heterocycles. The third-order valence-corrected chi connectivity index (χ3v) is 4.78. The fraction of sp³-hybridized carbons (Fsp3) is 0.167. The summed E-state index contributed by atoms with van der Waals surface area (Å²) in [6.45, 7) is 0. The van der Waals surface area contributed by atoms with Gasteiger partial charge in [0.2, 0.25) is 5.91 Å². The number of hydrogen-bond acceptors (Lipinski definition) is 3. The number of nitrogens with two attached hydrogens (primary N) is 1. The number of aromatic carboxylic acids is 1. The average Bonchev–Trinajstić information content (AvgIpc) is 3.27. The van der Waals surface area contributed by atoms with E-state index in [4.69, 9.17) is 5.73 Å². The maximum Gasteiger partial charge on any atom is 0.336 e. The van der Waals surface area contributed by atoms with Crippen LogP contribution in [0.2, 0.25) is 0 Å². The Kier molecular flexibility index (Phi) is 3.15. The van der Waals surface area contributed by atoms with Crippen LogP contribution in [0.5, 0.6) is 0 Å². The normalized spacial score (nSPS) is 15.2. The number of carbonyl (C=O) groups is 2. The number of primary amides is 1. The van der Waals surface area contributed by atoms with Crippen molar-refractivity contribution in [3.8, 4) is 11.3 Å². The van der Waals surface area contributed by atoms with Gasteiger partial charge in [-0.15, -0.1) is 0 Å². The SMILES string of the molecule is NC(=O)C1(c2ccc3[nH]nc(-c4cccc(F)c4)c3c2C(=O)O)CC1. The van der Waals surface area contributed by atoms with Gasteiger partial charge in [0.25, 0.3) is 0 Å². The smallest absolute Gasteiger partial charge is 0.336 e. The molecule has 1 aliphatic carbocycles. The Morgan fingerprint density at radius 2 is 2.00 bits per heavy atom. The number of fused-ring (bicyclic) bond motifs is 1. The molecule has 4 rings (SSSR count). The third-order valence-electron chi connectivity index (χ3n) is 4.78. The highest BCUT2D eigenvalue weighted by atomic mass is 19.1. The van der Waals surface area contributed by atoms with Crippen LogP contribution in [0.25, 0.3) is 22.2 Å². The number of H-pyrrole nitrogens is 1.